The minimum atomic E-state index is 0.0104. The lowest BCUT2D eigenvalue weighted by molar-refractivity contribution is 0.376. The van der Waals surface area contributed by atoms with E-state index in [0.717, 1.165) is 31.3 Å². The second-order valence-corrected chi connectivity index (χ2v) is 6.11. The fourth-order valence-electron chi connectivity index (χ4n) is 2.01. The molecule has 0 aromatic carbocycles. The average Bonchev–Trinajstić information content (AvgIpc) is 2.70. The molecule has 1 fully saturated rings. The van der Waals surface area contributed by atoms with Crippen LogP contribution in [-0.4, -0.2) is 34.3 Å². The molecule has 1 aliphatic rings. The molecule has 0 amide bonds. The molecule has 3 N–H and O–H groups in total. The number of hydrogen-bond acceptors (Lipinski definition) is 4. The minimum Gasteiger partial charge on any atom is -0.338 e. The summed E-state index contributed by atoms with van der Waals surface area (Å²) in [7, 11) is 0. The number of H-pyrrole nitrogens is 1. The summed E-state index contributed by atoms with van der Waals surface area (Å²) < 4.78 is 0. The second kappa shape index (κ2) is 4.29. The van der Waals surface area contributed by atoms with Crippen LogP contribution >= 0.6 is 0 Å². The summed E-state index contributed by atoms with van der Waals surface area (Å²) >= 11 is 0. The van der Waals surface area contributed by atoms with Crippen molar-refractivity contribution in [3.05, 3.63) is 5.82 Å². The molecule has 96 valence electrons. The van der Waals surface area contributed by atoms with Crippen LogP contribution in [0.4, 0.5) is 5.95 Å². The molecule has 2 atom stereocenters. The maximum absolute atomic E-state index is 6.09. The van der Waals surface area contributed by atoms with Crippen molar-refractivity contribution >= 4 is 5.95 Å². The Bertz CT molecular complexity index is 378. The van der Waals surface area contributed by atoms with Crippen molar-refractivity contribution < 1.29 is 0 Å². The number of aromatic nitrogens is 3. The van der Waals surface area contributed by atoms with Gasteiger partial charge in [0.1, 0.15) is 5.82 Å². The van der Waals surface area contributed by atoms with Gasteiger partial charge in [-0.25, -0.2) is 0 Å². The monoisotopic (exact) mass is 237 g/mol. The molecule has 17 heavy (non-hydrogen) atoms. The molecule has 0 spiro atoms. The van der Waals surface area contributed by atoms with E-state index >= 15 is 0 Å². The number of anilines is 1. The Balaban J connectivity index is 2.11. The van der Waals surface area contributed by atoms with E-state index in [2.05, 4.69) is 47.8 Å². The van der Waals surface area contributed by atoms with Gasteiger partial charge < -0.3 is 10.6 Å². The zero-order valence-electron chi connectivity index (χ0n) is 11.2. The van der Waals surface area contributed by atoms with Crippen molar-refractivity contribution in [3.8, 4) is 0 Å². The van der Waals surface area contributed by atoms with Gasteiger partial charge >= 0.3 is 0 Å². The van der Waals surface area contributed by atoms with Gasteiger partial charge in [0.2, 0.25) is 5.95 Å². The van der Waals surface area contributed by atoms with Crippen molar-refractivity contribution in [1.29, 1.82) is 0 Å². The Morgan fingerprint density at radius 3 is 2.65 bits per heavy atom. The first-order valence-electron chi connectivity index (χ1n) is 6.31. The molecule has 0 radical (unpaired) electrons. The molecule has 1 aromatic heterocycles. The molecule has 1 aromatic rings. The van der Waals surface area contributed by atoms with E-state index in [0.29, 0.717) is 5.92 Å². The molecule has 2 rings (SSSR count). The molecular weight excluding hydrogens is 214 g/mol. The van der Waals surface area contributed by atoms with Gasteiger partial charge in [-0.1, -0.05) is 27.7 Å². The SMILES string of the molecule is CC1CCN(c2n[nH]c(C(C)(C)C)n2)CC1N. The van der Waals surface area contributed by atoms with Gasteiger partial charge in [-0.15, -0.1) is 5.10 Å². The lowest BCUT2D eigenvalue weighted by Crippen LogP contribution is -2.48. The summed E-state index contributed by atoms with van der Waals surface area (Å²) in [5.74, 6) is 2.31. The van der Waals surface area contributed by atoms with Gasteiger partial charge in [0.15, 0.2) is 0 Å². The topological polar surface area (TPSA) is 70.8 Å². The Kier molecular flexibility index (Phi) is 3.12. The molecule has 1 saturated heterocycles. The Labute approximate surface area is 103 Å². The third-order valence-electron chi connectivity index (χ3n) is 3.48. The highest BCUT2D eigenvalue weighted by atomic mass is 15.4. The van der Waals surface area contributed by atoms with Gasteiger partial charge in [0, 0.05) is 24.5 Å². The summed E-state index contributed by atoms with van der Waals surface area (Å²) in [4.78, 5) is 6.75. The zero-order chi connectivity index (χ0) is 12.6. The van der Waals surface area contributed by atoms with Crippen LogP contribution in [0.2, 0.25) is 0 Å². The van der Waals surface area contributed by atoms with Gasteiger partial charge in [-0.2, -0.15) is 4.98 Å². The number of hydrogen-bond donors (Lipinski definition) is 2. The van der Waals surface area contributed by atoms with E-state index in [1.165, 1.54) is 0 Å². The molecule has 0 bridgehead atoms. The van der Waals surface area contributed by atoms with Crippen molar-refractivity contribution in [1.82, 2.24) is 15.2 Å². The minimum absolute atomic E-state index is 0.0104. The Hall–Kier alpha value is -1.10. The van der Waals surface area contributed by atoms with Crippen LogP contribution in [0, 0.1) is 5.92 Å². The number of nitrogens with one attached hydrogen (secondary N) is 1. The van der Waals surface area contributed by atoms with Crippen LogP contribution in [0.1, 0.15) is 39.9 Å². The number of piperidine rings is 1. The predicted molar refractivity (Wildman–Crippen MR) is 69.1 cm³/mol. The van der Waals surface area contributed by atoms with E-state index in [1.807, 2.05) is 0 Å². The number of nitrogens with two attached hydrogens (primary N) is 1. The van der Waals surface area contributed by atoms with Crippen molar-refractivity contribution in [3.63, 3.8) is 0 Å². The summed E-state index contributed by atoms with van der Waals surface area (Å²) in [5, 5.41) is 7.33. The summed E-state index contributed by atoms with van der Waals surface area (Å²) in [6.45, 7) is 10.4. The van der Waals surface area contributed by atoms with Gasteiger partial charge in [-0.05, 0) is 12.3 Å². The molecule has 2 heterocycles. The highest BCUT2D eigenvalue weighted by Crippen LogP contribution is 2.23. The van der Waals surface area contributed by atoms with Crippen LogP contribution < -0.4 is 10.6 Å². The summed E-state index contributed by atoms with van der Waals surface area (Å²) in [6.07, 6.45) is 1.11. The molecule has 5 nitrogen and oxygen atoms in total. The molecule has 0 aliphatic carbocycles. The Morgan fingerprint density at radius 2 is 2.12 bits per heavy atom. The first-order valence-corrected chi connectivity index (χ1v) is 6.31. The van der Waals surface area contributed by atoms with Crippen molar-refractivity contribution in [2.75, 3.05) is 18.0 Å². The maximum atomic E-state index is 6.09. The van der Waals surface area contributed by atoms with E-state index in [1.54, 1.807) is 0 Å². The quantitative estimate of drug-likeness (QED) is 0.772. The van der Waals surface area contributed by atoms with Crippen molar-refractivity contribution in [2.45, 2.75) is 45.6 Å². The number of aromatic amines is 1. The standard InChI is InChI=1S/C12H23N5/c1-8-5-6-17(7-9(8)13)11-14-10(15-16-11)12(2,3)4/h8-9H,5-7,13H2,1-4H3,(H,14,15,16). The van der Waals surface area contributed by atoms with E-state index in [-0.39, 0.29) is 11.5 Å². The molecule has 2 unspecified atom stereocenters. The lowest BCUT2D eigenvalue weighted by Gasteiger charge is -2.34. The molecule has 0 saturated carbocycles. The van der Waals surface area contributed by atoms with E-state index in [4.69, 9.17) is 5.73 Å². The first kappa shape index (κ1) is 12.4. The van der Waals surface area contributed by atoms with Gasteiger partial charge in [0.25, 0.3) is 0 Å². The van der Waals surface area contributed by atoms with Crippen LogP contribution in [0.3, 0.4) is 0 Å². The van der Waals surface area contributed by atoms with Crippen LogP contribution in [-0.2, 0) is 5.41 Å². The van der Waals surface area contributed by atoms with E-state index in [9.17, 15) is 0 Å². The van der Waals surface area contributed by atoms with Crippen molar-refractivity contribution in [2.24, 2.45) is 11.7 Å². The normalized spacial score (nSPS) is 26.3. The molecular formula is C12H23N5. The van der Waals surface area contributed by atoms with Crippen LogP contribution in [0.5, 0.6) is 0 Å². The van der Waals surface area contributed by atoms with Crippen LogP contribution in [0.15, 0.2) is 0 Å². The summed E-state index contributed by atoms with van der Waals surface area (Å²) in [6, 6.07) is 0.223. The molecule has 5 heteroatoms. The lowest BCUT2D eigenvalue weighted by atomic mass is 9.94. The smallest absolute Gasteiger partial charge is 0.244 e. The van der Waals surface area contributed by atoms with Crippen LogP contribution in [0.25, 0.3) is 0 Å². The van der Waals surface area contributed by atoms with E-state index < -0.39 is 0 Å². The fourth-order valence-corrected chi connectivity index (χ4v) is 2.01. The van der Waals surface area contributed by atoms with Gasteiger partial charge in [-0.3, -0.25) is 5.10 Å². The highest BCUT2D eigenvalue weighted by Gasteiger charge is 2.26. The number of nitrogens with zero attached hydrogens (tertiary/aromatic N) is 3. The third kappa shape index (κ3) is 2.60. The van der Waals surface area contributed by atoms with Gasteiger partial charge in [0.05, 0.1) is 0 Å². The second-order valence-electron chi connectivity index (χ2n) is 6.11. The highest BCUT2D eigenvalue weighted by molar-refractivity contribution is 5.31. The average molecular weight is 237 g/mol. The largest absolute Gasteiger partial charge is 0.338 e. The first-order chi connectivity index (χ1) is 7.88. The third-order valence-corrected chi connectivity index (χ3v) is 3.48. The zero-order valence-corrected chi connectivity index (χ0v) is 11.2. The molecule has 1 aliphatic heterocycles. The number of rotatable bonds is 1. The summed E-state index contributed by atoms with van der Waals surface area (Å²) in [5.41, 5.74) is 6.10. The maximum Gasteiger partial charge on any atom is 0.244 e. The Morgan fingerprint density at radius 1 is 1.41 bits per heavy atom. The predicted octanol–water partition coefficient (Wildman–Crippen LogP) is 1.28. The fraction of sp³-hybridized carbons (Fsp3) is 0.833.